The summed E-state index contributed by atoms with van der Waals surface area (Å²) in [5.74, 6) is 0.0949. The molecule has 0 saturated carbocycles. The number of phenols is 1. The lowest BCUT2D eigenvalue weighted by molar-refractivity contribution is -0.132. The smallest absolute Gasteiger partial charge is 0.227 e. The van der Waals surface area contributed by atoms with Crippen molar-refractivity contribution in [3.8, 4) is 28.1 Å². The highest BCUT2D eigenvalue weighted by atomic mass is 19.1. The Kier molecular flexibility index (Phi) is 6.82. The van der Waals surface area contributed by atoms with Gasteiger partial charge in [-0.05, 0) is 47.0 Å². The number of H-pyrrole nitrogens is 1. The van der Waals surface area contributed by atoms with Crippen LogP contribution in [0.1, 0.15) is 11.1 Å². The van der Waals surface area contributed by atoms with Gasteiger partial charge in [0.2, 0.25) is 5.91 Å². The minimum Gasteiger partial charge on any atom is -0.507 e. The number of benzene rings is 3. The third-order valence-corrected chi connectivity index (χ3v) is 7.41. The van der Waals surface area contributed by atoms with Gasteiger partial charge in [0.05, 0.1) is 23.8 Å². The number of rotatable bonds is 6. The molecule has 1 aliphatic heterocycles. The fourth-order valence-electron chi connectivity index (χ4n) is 5.20. The van der Waals surface area contributed by atoms with Gasteiger partial charge in [-0.25, -0.2) is 4.39 Å². The Bertz CT molecular complexity index is 1570. The van der Waals surface area contributed by atoms with Crippen molar-refractivity contribution in [2.45, 2.75) is 13.0 Å². The quantitative estimate of drug-likeness (QED) is 0.305. The topological polar surface area (TPSA) is 72.5 Å². The van der Waals surface area contributed by atoms with E-state index >= 15 is 0 Å². The molecule has 6 nitrogen and oxygen atoms in total. The molecule has 2 N–H and O–H groups in total. The van der Waals surface area contributed by atoms with Gasteiger partial charge < -0.3 is 15.0 Å². The molecule has 0 unspecified atom stereocenters. The Labute approximate surface area is 226 Å². The van der Waals surface area contributed by atoms with Crippen LogP contribution in [0.4, 0.5) is 4.39 Å². The Morgan fingerprint density at radius 2 is 1.62 bits per heavy atom. The molecule has 2 aromatic heterocycles. The van der Waals surface area contributed by atoms with Crippen LogP contribution in [-0.4, -0.2) is 57.0 Å². The lowest BCUT2D eigenvalue weighted by Crippen LogP contribution is -2.48. The van der Waals surface area contributed by atoms with Crippen molar-refractivity contribution in [1.82, 2.24) is 19.8 Å². The first-order chi connectivity index (χ1) is 19.0. The molecule has 1 saturated heterocycles. The second-order valence-electron chi connectivity index (χ2n) is 10.0. The highest BCUT2D eigenvalue weighted by Crippen LogP contribution is 2.38. The van der Waals surface area contributed by atoms with Gasteiger partial charge in [0, 0.05) is 55.4 Å². The number of para-hydroxylation sites is 1. The Morgan fingerprint density at radius 1 is 0.897 bits per heavy atom. The fraction of sp³-hybridized carbons (Fsp3) is 0.188. The largest absolute Gasteiger partial charge is 0.507 e. The van der Waals surface area contributed by atoms with E-state index in [2.05, 4.69) is 14.9 Å². The van der Waals surface area contributed by atoms with E-state index in [-0.39, 0.29) is 17.5 Å². The van der Waals surface area contributed by atoms with Gasteiger partial charge in [-0.15, -0.1) is 0 Å². The molecule has 0 aliphatic carbocycles. The summed E-state index contributed by atoms with van der Waals surface area (Å²) in [5, 5.41) is 12.2. The summed E-state index contributed by atoms with van der Waals surface area (Å²) >= 11 is 0. The molecule has 7 heteroatoms. The average Bonchev–Trinajstić information content (AvgIpc) is 3.39. The number of aromatic nitrogens is 2. The minimum absolute atomic E-state index is 0.113. The molecule has 0 spiro atoms. The van der Waals surface area contributed by atoms with Crippen molar-refractivity contribution < 1.29 is 14.3 Å². The lowest BCUT2D eigenvalue weighted by atomic mass is 9.98. The van der Waals surface area contributed by atoms with Crippen LogP contribution in [0.15, 0.2) is 91.3 Å². The normalized spacial score (nSPS) is 14.1. The first kappa shape index (κ1) is 24.8. The molecule has 1 amide bonds. The molecule has 3 aromatic carbocycles. The molecule has 5 aromatic rings. The predicted molar refractivity (Wildman–Crippen MR) is 151 cm³/mol. The monoisotopic (exact) mass is 520 g/mol. The molecule has 196 valence electrons. The average molecular weight is 521 g/mol. The SMILES string of the molecule is O=C(Cc1ccc(-c2cccc(-c3cc4ccncc4[nH]3)c2O)cc1)N1CCN(Cc2ccc(F)cc2)CC1. The number of aromatic hydroxyl groups is 1. The summed E-state index contributed by atoms with van der Waals surface area (Å²) in [7, 11) is 0. The van der Waals surface area contributed by atoms with E-state index in [0.29, 0.717) is 19.5 Å². The number of aromatic amines is 1. The number of nitrogens with zero attached hydrogens (tertiary/aromatic N) is 3. The number of nitrogens with one attached hydrogen (secondary N) is 1. The van der Waals surface area contributed by atoms with E-state index in [0.717, 1.165) is 64.0 Å². The number of fused-ring (bicyclic) bond motifs is 1. The van der Waals surface area contributed by atoms with E-state index in [1.807, 2.05) is 71.6 Å². The second kappa shape index (κ2) is 10.7. The van der Waals surface area contributed by atoms with Crippen LogP contribution in [-0.2, 0) is 17.8 Å². The van der Waals surface area contributed by atoms with Gasteiger partial charge in [0.25, 0.3) is 0 Å². The van der Waals surface area contributed by atoms with Gasteiger partial charge in [-0.2, -0.15) is 0 Å². The maximum absolute atomic E-state index is 13.2. The lowest BCUT2D eigenvalue weighted by Gasteiger charge is -2.34. The van der Waals surface area contributed by atoms with Crippen LogP contribution in [0.5, 0.6) is 5.75 Å². The van der Waals surface area contributed by atoms with Crippen molar-refractivity contribution in [2.24, 2.45) is 0 Å². The Balaban J connectivity index is 1.09. The summed E-state index contributed by atoms with van der Waals surface area (Å²) in [5.41, 5.74) is 6.11. The maximum atomic E-state index is 13.2. The molecular weight excluding hydrogens is 491 g/mol. The van der Waals surface area contributed by atoms with E-state index in [1.165, 1.54) is 12.1 Å². The standard InChI is InChI=1S/C32H29FN4O2/c33-26-10-6-23(7-11-26)21-36-14-16-37(17-15-36)31(38)18-22-4-8-24(9-5-22)27-2-1-3-28(32(27)39)29-19-25-12-13-34-20-30(25)35-29/h1-13,19-20,35,39H,14-18,21H2. The predicted octanol–water partition coefficient (Wildman–Crippen LogP) is 5.63. The van der Waals surface area contributed by atoms with Crippen molar-refractivity contribution in [3.63, 3.8) is 0 Å². The number of hydrogen-bond donors (Lipinski definition) is 2. The highest BCUT2D eigenvalue weighted by Gasteiger charge is 2.21. The zero-order chi connectivity index (χ0) is 26.8. The molecule has 1 aliphatic rings. The fourth-order valence-corrected chi connectivity index (χ4v) is 5.20. The van der Waals surface area contributed by atoms with Crippen molar-refractivity contribution >= 4 is 16.8 Å². The first-order valence-corrected chi connectivity index (χ1v) is 13.1. The summed E-state index contributed by atoms with van der Waals surface area (Å²) in [6.45, 7) is 3.72. The van der Waals surface area contributed by atoms with Gasteiger partial charge in [-0.1, -0.05) is 48.5 Å². The van der Waals surface area contributed by atoms with Crippen molar-refractivity contribution in [3.05, 3.63) is 108 Å². The van der Waals surface area contributed by atoms with E-state index < -0.39 is 0 Å². The third-order valence-electron chi connectivity index (χ3n) is 7.41. The van der Waals surface area contributed by atoms with Gasteiger partial charge in [-0.3, -0.25) is 14.7 Å². The number of amides is 1. The minimum atomic E-state index is -0.226. The zero-order valence-electron chi connectivity index (χ0n) is 21.5. The second-order valence-corrected chi connectivity index (χ2v) is 10.0. The van der Waals surface area contributed by atoms with Gasteiger partial charge >= 0.3 is 0 Å². The molecular formula is C32H29FN4O2. The molecule has 3 heterocycles. The van der Waals surface area contributed by atoms with E-state index in [4.69, 9.17) is 0 Å². The van der Waals surface area contributed by atoms with Crippen LogP contribution >= 0.6 is 0 Å². The number of hydrogen-bond acceptors (Lipinski definition) is 4. The van der Waals surface area contributed by atoms with Gasteiger partial charge in [0.1, 0.15) is 11.6 Å². The van der Waals surface area contributed by atoms with Crippen LogP contribution in [0.25, 0.3) is 33.3 Å². The van der Waals surface area contributed by atoms with E-state index in [9.17, 15) is 14.3 Å². The third kappa shape index (κ3) is 5.40. The number of carbonyl (C=O) groups is 1. The van der Waals surface area contributed by atoms with Crippen LogP contribution in [0.3, 0.4) is 0 Å². The Hall–Kier alpha value is -4.49. The molecule has 0 atom stereocenters. The molecule has 0 radical (unpaired) electrons. The Morgan fingerprint density at radius 3 is 2.36 bits per heavy atom. The number of piperazine rings is 1. The summed E-state index contributed by atoms with van der Waals surface area (Å²) in [4.78, 5) is 24.7. The van der Waals surface area contributed by atoms with Crippen LogP contribution in [0, 0.1) is 5.82 Å². The number of pyridine rings is 1. The number of phenolic OH excluding ortho intramolecular Hbond substituents is 1. The van der Waals surface area contributed by atoms with E-state index in [1.54, 1.807) is 12.4 Å². The maximum Gasteiger partial charge on any atom is 0.227 e. The summed E-state index contributed by atoms with van der Waals surface area (Å²) in [6.07, 6.45) is 3.86. The number of carbonyl (C=O) groups excluding carboxylic acids is 1. The van der Waals surface area contributed by atoms with Gasteiger partial charge in [0.15, 0.2) is 0 Å². The molecule has 0 bridgehead atoms. The molecule has 39 heavy (non-hydrogen) atoms. The van der Waals surface area contributed by atoms with Crippen LogP contribution < -0.4 is 0 Å². The summed E-state index contributed by atoms with van der Waals surface area (Å²) < 4.78 is 13.2. The van der Waals surface area contributed by atoms with Crippen molar-refractivity contribution in [1.29, 1.82) is 0 Å². The number of halogens is 1. The molecule has 6 rings (SSSR count). The van der Waals surface area contributed by atoms with Crippen molar-refractivity contribution in [2.75, 3.05) is 26.2 Å². The first-order valence-electron chi connectivity index (χ1n) is 13.1. The zero-order valence-corrected chi connectivity index (χ0v) is 21.5. The highest BCUT2D eigenvalue weighted by molar-refractivity contribution is 5.89. The summed E-state index contributed by atoms with van der Waals surface area (Å²) in [6, 6.07) is 24.1. The molecule has 1 fully saturated rings. The van der Waals surface area contributed by atoms with Crippen LogP contribution in [0.2, 0.25) is 0 Å².